The molecule has 0 radical (unpaired) electrons. The lowest BCUT2D eigenvalue weighted by Crippen LogP contribution is -2.40. The summed E-state index contributed by atoms with van der Waals surface area (Å²) in [5.74, 6) is 0.318. The normalized spacial score (nSPS) is 20.0. The molecule has 8 heteroatoms. The Morgan fingerprint density at radius 3 is 2.68 bits per heavy atom. The van der Waals surface area contributed by atoms with Gasteiger partial charge in [0.15, 0.2) is 5.84 Å². The van der Waals surface area contributed by atoms with Gasteiger partial charge in [-0.2, -0.15) is 8.42 Å². The number of sulfonamides is 1. The largest absolute Gasteiger partial charge is 0.339 e. The average Bonchev–Trinajstić information content (AvgIpc) is 3.25. The molecule has 1 unspecified atom stereocenters. The van der Waals surface area contributed by atoms with Crippen molar-refractivity contribution in [3.05, 3.63) is 59.7 Å². The fourth-order valence-electron chi connectivity index (χ4n) is 3.75. The maximum atomic E-state index is 12.8. The van der Waals surface area contributed by atoms with Crippen molar-refractivity contribution in [1.29, 1.82) is 0 Å². The van der Waals surface area contributed by atoms with E-state index in [1.807, 2.05) is 11.9 Å². The fraction of sp³-hybridized carbons (Fsp3) is 0.300. The van der Waals surface area contributed by atoms with Gasteiger partial charge in [-0.25, -0.2) is 0 Å². The van der Waals surface area contributed by atoms with Crippen molar-refractivity contribution in [2.24, 2.45) is 4.40 Å². The van der Waals surface area contributed by atoms with Gasteiger partial charge >= 0.3 is 0 Å². The SMILES string of the molecule is CNCC1CCCN1C(=O)c1ccc(NC2=NS(=O)(=O)c3ccccc32)cc1. The van der Waals surface area contributed by atoms with Crippen LogP contribution in [0.2, 0.25) is 0 Å². The number of likely N-dealkylation sites (tertiary alicyclic amines) is 1. The lowest BCUT2D eigenvalue weighted by molar-refractivity contribution is 0.0737. The van der Waals surface area contributed by atoms with Gasteiger partial charge in [0.1, 0.15) is 4.90 Å². The van der Waals surface area contributed by atoms with E-state index in [0.29, 0.717) is 22.6 Å². The highest BCUT2D eigenvalue weighted by Gasteiger charge is 2.30. The summed E-state index contributed by atoms with van der Waals surface area (Å²) in [6, 6.07) is 14.0. The Labute approximate surface area is 164 Å². The first-order chi connectivity index (χ1) is 13.5. The van der Waals surface area contributed by atoms with Crippen molar-refractivity contribution in [2.75, 3.05) is 25.5 Å². The maximum Gasteiger partial charge on any atom is 0.285 e. The second kappa shape index (κ2) is 7.37. The van der Waals surface area contributed by atoms with Crippen molar-refractivity contribution >= 4 is 27.5 Å². The average molecular weight is 398 g/mol. The fourth-order valence-corrected chi connectivity index (χ4v) is 4.92. The molecule has 4 rings (SSSR count). The highest BCUT2D eigenvalue weighted by atomic mass is 32.2. The molecule has 0 aliphatic carbocycles. The number of hydrogen-bond acceptors (Lipinski definition) is 5. The van der Waals surface area contributed by atoms with Crippen LogP contribution in [0.3, 0.4) is 0 Å². The molecule has 2 aliphatic rings. The molecule has 0 bridgehead atoms. The quantitative estimate of drug-likeness (QED) is 0.823. The zero-order valence-electron chi connectivity index (χ0n) is 15.6. The van der Waals surface area contributed by atoms with Gasteiger partial charge in [-0.15, -0.1) is 4.40 Å². The summed E-state index contributed by atoms with van der Waals surface area (Å²) in [7, 11) is -1.77. The Morgan fingerprint density at radius 1 is 1.18 bits per heavy atom. The predicted molar refractivity (Wildman–Crippen MR) is 108 cm³/mol. The molecule has 7 nitrogen and oxygen atoms in total. The predicted octanol–water partition coefficient (Wildman–Crippen LogP) is 2.07. The molecule has 2 N–H and O–H groups in total. The van der Waals surface area contributed by atoms with Gasteiger partial charge in [0.2, 0.25) is 0 Å². The molecule has 1 fully saturated rings. The van der Waals surface area contributed by atoms with Gasteiger partial charge in [0.25, 0.3) is 15.9 Å². The van der Waals surface area contributed by atoms with Gasteiger partial charge in [-0.1, -0.05) is 12.1 Å². The third-order valence-electron chi connectivity index (χ3n) is 5.10. The van der Waals surface area contributed by atoms with Gasteiger partial charge < -0.3 is 15.5 Å². The Balaban J connectivity index is 1.51. The molecule has 2 aliphatic heterocycles. The van der Waals surface area contributed by atoms with E-state index >= 15 is 0 Å². The molecule has 1 amide bonds. The molecule has 2 heterocycles. The molecule has 0 saturated carbocycles. The number of nitrogens with zero attached hydrogens (tertiary/aromatic N) is 2. The van der Waals surface area contributed by atoms with E-state index in [-0.39, 0.29) is 16.8 Å². The minimum absolute atomic E-state index is 0.0235. The van der Waals surface area contributed by atoms with E-state index in [1.54, 1.807) is 48.5 Å². The first kappa shape index (κ1) is 18.6. The van der Waals surface area contributed by atoms with E-state index in [9.17, 15) is 13.2 Å². The van der Waals surface area contributed by atoms with Crippen LogP contribution in [0.4, 0.5) is 5.69 Å². The third kappa shape index (κ3) is 3.41. The Hall–Kier alpha value is -2.71. The first-order valence-electron chi connectivity index (χ1n) is 9.26. The number of amides is 1. The molecule has 2 aromatic carbocycles. The highest BCUT2D eigenvalue weighted by Crippen LogP contribution is 2.27. The van der Waals surface area contributed by atoms with Crippen LogP contribution < -0.4 is 10.6 Å². The number of rotatable bonds is 4. The highest BCUT2D eigenvalue weighted by molar-refractivity contribution is 7.90. The van der Waals surface area contributed by atoms with Gasteiger partial charge in [-0.05, 0) is 56.3 Å². The first-order valence-corrected chi connectivity index (χ1v) is 10.7. The Kier molecular flexibility index (Phi) is 4.91. The van der Waals surface area contributed by atoms with Gasteiger partial charge in [0, 0.05) is 35.9 Å². The van der Waals surface area contributed by atoms with Crippen LogP contribution >= 0.6 is 0 Å². The Morgan fingerprint density at radius 2 is 1.93 bits per heavy atom. The second-order valence-corrected chi connectivity index (χ2v) is 8.54. The monoisotopic (exact) mass is 398 g/mol. The number of carbonyl (C=O) groups excluding carboxylic acids is 1. The topological polar surface area (TPSA) is 90.9 Å². The van der Waals surface area contributed by atoms with Crippen molar-refractivity contribution in [3.8, 4) is 0 Å². The van der Waals surface area contributed by atoms with Crippen LogP contribution in [0.5, 0.6) is 0 Å². The number of anilines is 1. The van der Waals surface area contributed by atoms with E-state index in [0.717, 1.165) is 25.9 Å². The number of nitrogens with one attached hydrogen (secondary N) is 2. The van der Waals surface area contributed by atoms with Crippen LogP contribution in [-0.2, 0) is 10.0 Å². The summed E-state index contributed by atoms with van der Waals surface area (Å²) < 4.78 is 28.1. The summed E-state index contributed by atoms with van der Waals surface area (Å²) in [6.45, 7) is 1.57. The molecule has 0 spiro atoms. The smallest absolute Gasteiger partial charge is 0.285 e. The Bertz CT molecular complexity index is 1030. The van der Waals surface area contributed by atoms with Gasteiger partial charge in [-0.3, -0.25) is 4.79 Å². The number of amidine groups is 1. The molecule has 28 heavy (non-hydrogen) atoms. The van der Waals surface area contributed by atoms with Crippen LogP contribution in [0.25, 0.3) is 0 Å². The molecular formula is C20H22N4O3S. The number of benzene rings is 2. The molecule has 0 aromatic heterocycles. The van der Waals surface area contributed by atoms with Crippen molar-refractivity contribution in [2.45, 2.75) is 23.8 Å². The summed E-state index contributed by atoms with van der Waals surface area (Å²) in [6.07, 6.45) is 2.03. The maximum absolute atomic E-state index is 12.8. The molecular weight excluding hydrogens is 376 g/mol. The molecule has 2 aromatic rings. The second-order valence-electron chi connectivity index (χ2n) is 6.97. The number of fused-ring (bicyclic) bond motifs is 1. The van der Waals surface area contributed by atoms with Gasteiger partial charge in [0.05, 0.1) is 0 Å². The summed E-state index contributed by atoms with van der Waals surface area (Å²) in [5, 5.41) is 6.20. The van der Waals surface area contributed by atoms with Crippen molar-refractivity contribution < 1.29 is 13.2 Å². The standard InChI is InChI=1S/C20H22N4O3S/c1-21-13-16-5-4-12-24(16)20(25)14-8-10-15(11-9-14)22-19-17-6-2-3-7-18(17)28(26,27)23-19/h2-3,6-11,16,21H,4-5,12-13H2,1H3,(H,22,23). The zero-order valence-corrected chi connectivity index (χ0v) is 16.4. The van der Waals surface area contributed by atoms with Crippen LogP contribution in [-0.4, -0.2) is 51.2 Å². The summed E-state index contributed by atoms with van der Waals surface area (Å²) in [4.78, 5) is 14.9. The minimum Gasteiger partial charge on any atom is -0.339 e. The number of likely N-dealkylation sites (N-methyl/N-ethyl adjacent to an activating group) is 1. The lowest BCUT2D eigenvalue weighted by Gasteiger charge is -2.24. The lowest BCUT2D eigenvalue weighted by atomic mass is 10.1. The van der Waals surface area contributed by atoms with Crippen LogP contribution in [0, 0.1) is 0 Å². The number of hydrogen-bond donors (Lipinski definition) is 2. The van der Waals surface area contributed by atoms with E-state index in [1.165, 1.54) is 0 Å². The van der Waals surface area contributed by atoms with Crippen LogP contribution in [0.15, 0.2) is 57.8 Å². The molecule has 146 valence electrons. The van der Waals surface area contributed by atoms with Crippen molar-refractivity contribution in [3.63, 3.8) is 0 Å². The van der Waals surface area contributed by atoms with E-state index in [4.69, 9.17) is 0 Å². The van der Waals surface area contributed by atoms with Crippen molar-refractivity contribution in [1.82, 2.24) is 10.2 Å². The van der Waals surface area contributed by atoms with E-state index < -0.39 is 10.0 Å². The zero-order chi connectivity index (χ0) is 19.7. The summed E-state index contributed by atoms with van der Waals surface area (Å²) in [5.41, 5.74) is 1.85. The van der Waals surface area contributed by atoms with E-state index in [2.05, 4.69) is 15.0 Å². The molecule has 1 atom stereocenters. The number of carbonyl (C=O) groups is 1. The molecule has 1 saturated heterocycles. The summed E-state index contributed by atoms with van der Waals surface area (Å²) >= 11 is 0. The van der Waals surface area contributed by atoms with Crippen LogP contribution in [0.1, 0.15) is 28.8 Å². The third-order valence-corrected chi connectivity index (χ3v) is 6.44. The minimum atomic E-state index is -3.66.